The summed E-state index contributed by atoms with van der Waals surface area (Å²) in [5.74, 6) is 0.810. The van der Waals surface area contributed by atoms with Gasteiger partial charge in [-0.15, -0.1) is 0 Å². The highest BCUT2D eigenvalue weighted by Gasteiger charge is 2.24. The van der Waals surface area contributed by atoms with E-state index in [0.29, 0.717) is 32.3 Å². The second kappa shape index (κ2) is 9.45. The molecular formula is C18H32N6O2. The number of nitrogens with zero attached hydrogens (tertiary/aromatic N) is 4. The van der Waals surface area contributed by atoms with Gasteiger partial charge in [-0.05, 0) is 40.5 Å². The van der Waals surface area contributed by atoms with Gasteiger partial charge < -0.3 is 20.3 Å². The van der Waals surface area contributed by atoms with Crippen molar-refractivity contribution in [2.24, 2.45) is 12.0 Å². The average Bonchev–Trinajstić information content (AvgIpc) is 2.86. The van der Waals surface area contributed by atoms with Crippen LogP contribution in [0.3, 0.4) is 0 Å². The van der Waals surface area contributed by atoms with Crippen LogP contribution in [0.25, 0.3) is 0 Å². The van der Waals surface area contributed by atoms with Crippen molar-refractivity contribution in [1.82, 2.24) is 25.3 Å². The Balaban J connectivity index is 1.93. The zero-order valence-electron chi connectivity index (χ0n) is 16.6. The maximum Gasteiger partial charge on any atom is 0.409 e. The summed E-state index contributed by atoms with van der Waals surface area (Å²) in [5, 5.41) is 11.3. The first-order chi connectivity index (χ1) is 12.5. The monoisotopic (exact) mass is 364 g/mol. The topological polar surface area (TPSA) is 83.8 Å². The van der Waals surface area contributed by atoms with Gasteiger partial charge in [0.15, 0.2) is 5.96 Å². The summed E-state index contributed by atoms with van der Waals surface area (Å²) in [4.78, 5) is 18.3. The lowest BCUT2D eigenvalue weighted by atomic mass is 10.1. The van der Waals surface area contributed by atoms with Gasteiger partial charge in [0.25, 0.3) is 0 Å². The molecule has 0 unspecified atom stereocenters. The summed E-state index contributed by atoms with van der Waals surface area (Å²) in [6.07, 6.45) is 1.55. The van der Waals surface area contributed by atoms with Gasteiger partial charge in [0.1, 0.15) is 0 Å². The first kappa shape index (κ1) is 20.1. The fourth-order valence-corrected chi connectivity index (χ4v) is 3.14. The molecule has 8 nitrogen and oxygen atoms in total. The Bertz CT molecular complexity index is 632. The minimum atomic E-state index is -0.214. The van der Waals surface area contributed by atoms with Gasteiger partial charge >= 0.3 is 6.09 Å². The molecule has 1 saturated heterocycles. The van der Waals surface area contributed by atoms with Crippen LogP contribution >= 0.6 is 0 Å². The quantitative estimate of drug-likeness (QED) is 0.614. The van der Waals surface area contributed by atoms with Crippen LogP contribution in [0.5, 0.6) is 0 Å². The van der Waals surface area contributed by atoms with Gasteiger partial charge in [-0.2, -0.15) is 5.10 Å². The van der Waals surface area contributed by atoms with E-state index < -0.39 is 0 Å². The molecule has 1 fully saturated rings. The molecule has 146 valence electrons. The zero-order chi connectivity index (χ0) is 19.1. The molecule has 0 saturated carbocycles. The molecule has 1 aromatic heterocycles. The lowest BCUT2D eigenvalue weighted by Gasteiger charge is -2.32. The van der Waals surface area contributed by atoms with Gasteiger partial charge in [0, 0.05) is 44.0 Å². The zero-order valence-corrected chi connectivity index (χ0v) is 16.6. The first-order valence-electron chi connectivity index (χ1n) is 9.41. The van der Waals surface area contributed by atoms with Crippen molar-refractivity contribution >= 4 is 12.1 Å². The Morgan fingerprint density at radius 3 is 2.54 bits per heavy atom. The lowest BCUT2D eigenvalue weighted by molar-refractivity contribution is 0.0963. The van der Waals surface area contributed by atoms with Crippen LogP contribution in [0.2, 0.25) is 0 Å². The molecular weight excluding hydrogens is 332 g/mol. The SMILES string of the molecule is CCNC(=NCc1c(C)nn(C)c1C)NC1CCN(C(=O)OCC)CC1. The van der Waals surface area contributed by atoms with Crippen LogP contribution in [-0.4, -0.2) is 59.0 Å². The number of rotatable bonds is 5. The second-order valence-corrected chi connectivity index (χ2v) is 6.57. The van der Waals surface area contributed by atoms with Crippen molar-refractivity contribution in [2.45, 2.75) is 53.1 Å². The molecule has 0 radical (unpaired) electrons. The molecule has 1 amide bonds. The molecule has 8 heteroatoms. The fourth-order valence-electron chi connectivity index (χ4n) is 3.14. The van der Waals surface area contributed by atoms with Gasteiger partial charge in [-0.25, -0.2) is 9.79 Å². The molecule has 1 aromatic rings. The van der Waals surface area contributed by atoms with Crippen LogP contribution in [0, 0.1) is 13.8 Å². The minimum Gasteiger partial charge on any atom is -0.450 e. The smallest absolute Gasteiger partial charge is 0.409 e. The lowest BCUT2D eigenvalue weighted by Crippen LogP contribution is -2.49. The molecule has 0 aliphatic carbocycles. The molecule has 1 aliphatic heterocycles. The number of nitrogens with one attached hydrogen (secondary N) is 2. The molecule has 0 spiro atoms. The van der Waals surface area contributed by atoms with E-state index >= 15 is 0 Å². The summed E-state index contributed by atoms with van der Waals surface area (Å²) in [7, 11) is 1.95. The number of guanidine groups is 1. The van der Waals surface area contributed by atoms with Crippen LogP contribution in [0.15, 0.2) is 4.99 Å². The van der Waals surface area contributed by atoms with Gasteiger partial charge in [0.2, 0.25) is 0 Å². The van der Waals surface area contributed by atoms with E-state index in [-0.39, 0.29) is 6.09 Å². The number of carbonyl (C=O) groups excluding carboxylic acids is 1. The van der Waals surface area contributed by atoms with Gasteiger partial charge in [-0.1, -0.05) is 0 Å². The summed E-state index contributed by atoms with van der Waals surface area (Å²) in [6.45, 7) is 11.2. The Labute approximate surface area is 156 Å². The summed E-state index contributed by atoms with van der Waals surface area (Å²) < 4.78 is 6.97. The minimum absolute atomic E-state index is 0.214. The standard InChI is InChI=1S/C18H32N6O2/c1-6-19-17(20-12-16-13(3)22-23(5)14(16)4)21-15-8-10-24(11-9-15)18(25)26-7-2/h15H,6-12H2,1-5H3,(H2,19,20,21). The highest BCUT2D eigenvalue weighted by molar-refractivity contribution is 5.80. The van der Waals surface area contributed by atoms with Crippen LogP contribution in [0.1, 0.15) is 43.6 Å². The largest absolute Gasteiger partial charge is 0.450 e. The number of piperidine rings is 1. The maximum absolute atomic E-state index is 11.8. The molecule has 2 heterocycles. The Morgan fingerprint density at radius 2 is 2.00 bits per heavy atom. The number of aromatic nitrogens is 2. The van der Waals surface area contributed by atoms with E-state index in [0.717, 1.165) is 36.7 Å². The van der Waals surface area contributed by atoms with E-state index in [4.69, 9.17) is 9.73 Å². The van der Waals surface area contributed by atoms with E-state index in [2.05, 4.69) is 29.6 Å². The summed E-state index contributed by atoms with van der Waals surface area (Å²) in [5.41, 5.74) is 3.33. The van der Waals surface area contributed by atoms with Crippen molar-refractivity contribution in [1.29, 1.82) is 0 Å². The number of ether oxygens (including phenoxy) is 1. The average molecular weight is 364 g/mol. The molecule has 2 N–H and O–H groups in total. The maximum atomic E-state index is 11.8. The van der Waals surface area contributed by atoms with Crippen LogP contribution in [0.4, 0.5) is 4.79 Å². The Morgan fingerprint density at radius 1 is 1.31 bits per heavy atom. The molecule has 1 aliphatic rings. The predicted octanol–water partition coefficient (Wildman–Crippen LogP) is 1.71. The van der Waals surface area contributed by atoms with Crippen molar-refractivity contribution in [2.75, 3.05) is 26.2 Å². The van der Waals surface area contributed by atoms with Crippen molar-refractivity contribution < 1.29 is 9.53 Å². The van der Waals surface area contributed by atoms with Crippen LogP contribution < -0.4 is 10.6 Å². The van der Waals surface area contributed by atoms with Crippen LogP contribution in [-0.2, 0) is 18.3 Å². The van der Waals surface area contributed by atoms with Crippen molar-refractivity contribution in [3.63, 3.8) is 0 Å². The second-order valence-electron chi connectivity index (χ2n) is 6.57. The van der Waals surface area contributed by atoms with E-state index in [1.807, 2.05) is 25.6 Å². The van der Waals surface area contributed by atoms with E-state index in [9.17, 15) is 4.79 Å². The first-order valence-corrected chi connectivity index (χ1v) is 9.41. The Hall–Kier alpha value is -2.25. The van der Waals surface area contributed by atoms with Gasteiger partial charge in [0.05, 0.1) is 18.8 Å². The highest BCUT2D eigenvalue weighted by Crippen LogP contribution is 2.14. The highest BCUT2D eigenvalue weighted by atomic mass is 16.6. The number of likely N-dealkylation sites (tertiary alicyclic amines) is 1. The Kier molecular flexibility index (Phi) is 7.29. The van der Waals surface area contributed by atoms with Gasteiger partial charge in [-0.3, -0.25) is 4.68 Å². The third-order valence-corrected chi connectivity index (χ3v) is 4.76. The number of amides is 1. The third kappa shape index (κ3) is 5.12. The molecule has 0 aromatic carbocycles. The van der Waals surface area contributed by atoms with E-state index in [1.54, 1.807) is 4.90 Å². The predicted molar refractivity (Wildman–Crippen MR) is 102 cm³/mol. The van der Waals surface area contributed by atoms with Crippen molar-refractivity contribution in [3.05, 3.63) is 17.0 Å². The number of hydrogen-bond donors (Lipinski definition) is 2. The third-order valence-electron chi connectivity index (χ3n) is 4.76. The normalized spacial score (nSPS) is 15.9. The fraction of sp³-hybridized carbons (Fsp3) is 0.722. The number of aryl methyl sites for hydroxylation is 2. The molecule has 0 bridgehead atoms. The summed E-state index contributed by atoms with van der Waals surface area (Å²) in [6, 6.07) is 0.301. The number of hydrogen-bond acceptors (Lipinski definition) is 4. The summed E-state index contributed by atoms with van der Waals surface area (Å²) >= 11 is 0. The molecule has 2 rings (SSSR count). The number of carbonyl (C=O) groups is 1. The number of aliphatic imine (C=N–C) groups is 1. The molecule has 0 atom stereocenters. The van der Waals surface area contributed by atoms with Crippen molar-refractivity contribution in [3.8, 4) is 0 Å². The van der Waals surface area contributed by atoms with E-state index in [1.165, 1.54) is 5.56 Å². The molecule has 26 heavy (non-hydrogen) atoms.